The summed E-state index contributed by atoms with van der Waals surface area (Å²) in [4.78, 5) is 42.5. The molecule has 3 aliphatic rings. The van der Waals surface area contributed by atoms with E-state index in [0.29, 0.717) is 42.3 Å². The van der Waals surface area contributed by atoms with Crippen LogP contribution in [0, 0.1) is 5.41 Å². The van der Waals surface area contributed by atoms with Crippen molar-refractivity contribution in [3.63, 3.8) is 0 Å². The van der Waals surface area contributed by atoms with Crippen molar-refractivity contribution in [1.82, 2.24) is 9.80 Å². The van der Waals surface area contributed by atoms with Gasteiger partial charge in [0.15, 0.2) is 11.5 Å². The Morgan fingerprint density at radius 3 is 2.55 bits per heavy atom. The van der Waals surface area contributed by atoms with Crippen LogP contribution in [0.2, 0.25) is 0 Å². The van der Waals surface area contributed by atoms with Crippen molar-refractivity contribution in [1.29, 1.82) is 0 Å². The quantitative estimate of drug-likeness (QED) is 0.761. The number of benzene rings is 2. The van der Waals surface area contributed by atoms with Gasteiger partial charge in [-0.3, -0.25) is 14.4 Å². The molecule has 0 spiro atoms. The van der Waals surface area contributed by atoms with Crippen LogP contribution < -0.4 is 14.8 Å². The molecule has 1 unspecified atom stereocenters. The highest BCUT2D eigenvalue weighted by Crippen LogP contribution is 2.37. The second-order valence-electron chi connectivity index (χ2n) is 9.91. The largest absolute Gasteiger partial charge is 0.454 e. The highest BCUT2D eigenvalue weighted by atomic mass is 16.7. The summed E-state index contributed by atoms with van der Waals surface area (Å²) in [5, 5.41) is 2.90. The molecule has 0 bridgehead atoms. The van der Waals surface area contributed by atoms with Crippen molar-refractivity contribution in [3.05, 3.63) is 42.0 Å². The zero-order valence-corrected chi connectivity index (χ0v) is 19.0. The van der Waals surface area contributed by atoms with Crippen molar-refractivity contribution < 1.29 is 23.9 Å². The van der Waals surface area contributed by atoms with Crippen molar-refractivity contribution >= 4 is 23.4 Å². The summed E-state index contributed by atoms with van der Waals surface area (Å²) < 4.78 is 10.9. The molecule has 3 heterocycles. The molecule has 3 aliphatic heterocycles. The maximum atomic E-state index is 13.5. The normalized spacial score (nSPS) is 19.5. The maximum absolute atomic E-state index is 13.5. The minimum absolute atomic E-state index is 0.00857. The number of rotatable bonds is 2. The molecule has 5 rings (SSSR count). The second kappa shape index (κ2) is 7.79. The first kappa shape index (κ1) is 21.3. The zero-order valence-electron chi connectivity index (χ0n) is 19.0. The smallest absolute Gasteiger partial charge is 0.256 e. The van der Waals surface area contributed by atoms with E-state index in [1.54, 1.807) is 21.9 Å². The molecule has 1 saturated heterocycles. The Labute approximate surface area is 192 Å². The second-order valence-corrected chi connectivity index (χ2v) is 9.91. The molecule has 3 amide bonds. The summed E-state index contributed by atoms with van der Waals surface area (Å²) in [5.41, 5.74) is 2.51. The molecule has 2 aromatic rings. The molecule has 2 aromatic carbocycles. The number of carbonyl (C=O) groups is 3. The van der Waals surface area contributed by atoms with E-state index in [9.17, 15) is 14.4 Å². The van der Waals surface area contributed by atoms with Crippen LogP contribution in [0.3, 0.4) is 0 Å². The molecule has 1 atom stereocenters. The number of nitrogens with one attached hydrogen (secondary N) is 1. The summed E-state index contributed by atoms with van der Waals surface area (Å²) >= 11 is 0. The zero-order chi connectivity index (χ0) is 23.3. The predicted molar refractivity (Wildman–Crippen MR) is 122 cm³/mol. The van der Waals surface area contributed by atoms with Crippen LogP contribution >= 0.6 is 0 Å². The molecule has 1 N–H and O–H groups in total. The molecular formula is C25H27N3O5. The van der Waals surface area contributed by atoms with Crippen LogP contribution in [0.15, 0.2) is 36.4 Å². The molecule has 33 heavy (non-hydrogen) atoms. The minimum atomic E-state index is -0.712. The third-order valence-corrected chi connectivity index (χ3v) is 6.19. The minimum Gasteiger partial charge on any atom is -0.454 e. The van der Waals surface area contributed by atoms with Gasteiger partial charge < -0.3 is 24.6 Å². The number of hydrogen-bond donors (Lipinski definition) is 1. The highest BCUT2D eigenvalue weighted by molar-refractivity contribution is 6.10. The van der Waals surface area contributed by atoms with E-state index < -0.39 is 6.04 Å². The maximum Gasteiger partial charge on any atom is 0.256 e. The van der Waals surface area contributed by atoms with Gasteiger partial charge in [0.2, 0.25) is 18.6 Å². The molecule has 1 fully saturated rings. The van der Waals surface area contributed by atoms with Crippen LogP contribution in [0.25, 0.3) is 11.1 Å². The molecule has 8 heteroatoms. The SMILES string of the molecule is CC(C)(C)CC(=O)N1CCN2C(=O)c3cc(-c4ccc5c(c4)OCO5)ccc3NC(=O)C2C1. The standard InChI is InChI=1S/C25H27N3O5/c1-25(2,3)12-22(29)27-8-9-28-19(13-27)23(30)26-18-6-4-15(10-17(18)24(28)31)16-5-7-20-21(11-16)33-14-32-20/h4-7,10-11,19H,8-9,12-14H2,1-3H3,(H,26,30). The van der Waals surface area contributed by atoms with Crippen LogP contribution in [-0.4, -0.2) is 60.0 Å². The number of nitrogens with zero attached hydrogens (tertiary/aromatic N) is 2. The number of ether oxygens (including phenoxy) is 2. The van der Waals surface area contributed by atoms with Gasteiger partial charge in [0.05, 0.1) is 17.8 Å². The third kappa shape index (κ3) is 4.01. The monoisotopic (exact) mass is 449 g/mol. The van der Waals surface area contributed by atoms with Crippen molar-refractivity contribution in [2.24, 2.45) is 5.41 Å². The number of hydrogen-bond acceptors (Lipinski definition) is 5. The first-order valence-corrected chi connectivity index (χ1v) is 11.1. The molecule has 0 aromatic heterocycles. The van der Waals surface area contributed by atoms with Gasteiger partial charge in [0, 0.05) is 19.5 Å². The Bertz CT molecular complexity index is 1150. The average molecular weight is 450 g/mol. The summed E-state index contributed by atoms with van der Waals surface area (Å²) in [7, 11) is 0. The number of carbonyl (C=O) groups excluding carboxylic acids is 3. The number of anilines is 1. The van der Waals surface area contributed by atoms with Gasteiger partial charge in [0.25, 0.3) is 5.91 Å². The van der Waals surface area contributed by atoms with Gasteiger partial charge in [-0.05, 0) is 40.8 Å². The van der Waals surface area contributed by atoms with E-state index >= 15 is 0 Å². The number of fused-ring (bicyclic) bond motifs is 3. The Hall–Kier alpha value is -3.55. The third-order valence-electron chi connectivity index (χ3n) is 6.19. The lowest BCUT2D eigenvalue weighted by Gasteiger charge is -2.40. The summed E-state index contributed by atoms with van der Waals surface area (Å²) in [6.07, 6.45) is 0.397. The first-order valence-electron chi connectivity index (χ1n) is 11.1. The summed E-state index contributed by atoms with van der Waals surface area (Å²) in [6, 6.07) is 10.4. The van der Waals surface area contributed by atoms with Gasteiger partial charge in [-0.15, -0.1) is 0 Å². The Balaban J connectivity index is 1.41. The Morgan fingerprint density at radius 1 is 1.03 bits per heavy atom. The lowest BCUT2D eigenvalue weighted by atomic mass is 9.91. The van der Waals surface area contributed by atoms with Crippen LogP contribution in [0.4, 0.5) is 5.69 Å². The van der Waals surface area contributed by atoms with Crippen LogP contribution in [0.5, 0.6) is 11.5 Å². The molecule has 0 radical (unpaired) electrons. The lowest BCUT2D eigenvalue weighted by Crippen LogP contribution is -2.59. The van der Waals surface area contributed by atoms with Gasteiger partial charge in [0.1, 0.15) is 6.04 Å². The first-order chi connectivity index (χ1) is 15.7. The number of amides is 3. The molecule has 8 nitrogen and oxygen atoms in total. The summed E-state index contributed by atoms with van der Waals surface area (Å²) in [6.45, 7) is 7.17. The fourth-order valence-corrected chi connectivity index (χ4v) is 4.50. The van der Waals surface area contributed by atoms with Crippen molar-refractivity contribution in [2.75, 3.05) is 31.7 Å². The molecular weight excluding hydrogens is 422 g/mol. The highest BCUT2D eigenvalue weighted by Gasteiger charge is 2.40. The Morgan fingerprint density at radius 2 is 1.76 bits per heavy atom. The lowest BCUT2D eigenvalue weighted by molar-refractivity contribution is -0.137. The summed E-state index contributed by atoms with van der Waals surface area (Å²) in [5.74, 6) is 0.885. The van der Waals surface area contributed by atoms with Crippen molar-refractivity contribution in [2.45, 2.75) is 33.2 Å². The van der Waals surface area contributed by atoms with Crippen LogP contribution in [0.1, 0.15) is 37.6 Å². The number of piperazine rings is 1. The fourth-order valence-electron chi connectivity index (χ4n) is 4.50. The molecule has 0 saturated carbocycles. The topological polar surface area (TPSA) is 88.2 Å². The van der Waals surface area contributed by atoms with Gasteiger partial charge in [-0.2, -0.15) is 0 Å². The molecule has 172 valence electrons. The van der Waals surface area contributed by atoms with Crippen molar-refractivity contribution in [3.8, 4) is 22.6 Å². The van der Waals surface area contributed by atoms with Gasteiger partial charge >= 0.3 is 0 Å². The van der Waals surface area contributed by atoms with E-state index in [1.165, 1.54) is 0 Å². The van der Waals surface area contributed by atoms with Crippen LogP contribution in [-0.2, 0) is 9.59 Å². The van der Waals surface area contributed by atoms with Gasteiger partial charge in [-0.25, -0.2) is 0 Å². The average Bonchev–Trinajstić information content (AvgIpc) is 3.21. The fraction of sp³-hybridized carbons (Fsp3) is 0.400. The van der Waals surface area contributed by atoms with E-state index in [2.05, 4.69) is 5.32 Å². The van der Waals surface area contributed by atoms with E-state index in [1.807, 2.05) is 45.0 Å². The van der Waals surface area contributed by atoms with Gasteiger partial charge in [-0.1, -0.05) is 32.9 Å². The predicted octanol–water partition coefficient (Wildman–Crippen LogP) is 3.12. The molecule has 0 aliphatic carbocycles. The van der Waals surface area contributed by atoms with E-state index in [4.69, 9.17) is 9.47 Å². The van der Waals surface area contributed by atoms with E-state index in [0.717, 1.165) is 11.1 Å². The Kier molecular flexibility index (Phi) is 5.03. The van der Waals surface area contributed by atoms with E-state index in [-0.39, 0.29) is 36.5 Å².